The zero-order valence-electron chi connectivity index (χ0n) is 31.1. The molecule has 9 aromatic carbocycles. The first-order valence-electron chi connectivity index (χ1n) is 19.7. The summed E-state index contributed by atoms with van der Waals surface area (Å²) in [5.41, 5.74) is 12.5. The number of benzene rings is 9. The van der Waals surface area contributed by atoms with Crippen LogP contribution in [0.3, 0.4) is 0 Å². The molecule has 0 radical (unpaired) electrons. The number of rotatable bonds is 5. The minimum atomic E-state index is 0.645. The van der Waals surface area contributed by atoms with E-state index in [4.69, 9.17) is 15.0 Å². The lowest BCUT2D eigenvalue weighted by molar-refractivity contribution is 1.07. The Morgan fingerprint density at radius 2 is 0.759 bits per heavy atom. The molecule has 58 heavy (non-hydrogen) atoms. The molecule has 1 aliphatic carbocycles. The van der Waals surface area contributed by atoms with Crippen molar-refractivity contribution in [3.05, 3.63) is 188 Å². The first-order chi connectivity index (χ1) is 28.8. The first-order valence-corrected chi connectivity index (χ1v) is 19.7. The third-order valence-electron chi connectivity index (χ3n) is 12.0. The van der Waals surface area contributed by atoms with Gasteiger partial charge < -0.3 is 9.13 Å². The van der Waals surface area contributed by atoms with Crippen molar-refractivity contribution in [2.75, 3.05) is 0 Å². The van der Waals surface area contributed by atoms with E-state index in [-0.39, 0.29) is 0 Å². The summed E-state index contributed by atoms with van der Waals surface area (Å²) in [5, 5.41) is 10.1. The molecular weight excluding hydrogens is 707 g/mol. The Balaban J connectivity index is 1.05. The second-order valence-electron chi connectivity index (χ2n) is 15.2. The van der Waals surface area contributed by atoms with E-state index in [1.807, 2.05) is 60.7 Å². The van der Waals surface area contributed by atoms with Gasteiger partial charge in [-0.25, -0.2) is 15.0 Å². The molecule has 0 unspecified atom stereocenters. The zero-order valence-corrected chi connectivity index (χ0v) is 31.1. The molecule has 0 saturated carbocycles. The monoisotopic (exact) mass is 737 g/mol. The fraction of sp³-hybridized carbons (Fsp3) is 0. The van der Waals surface area contributed by atoms with E-state index in [9.17, 15) is 0 Å². The molecule has 0 amide bonds. The molecule has 5 nitrogen and oxygen atoms in total. The van der Waals surface area contributed by atoms with Crippen LogP contribution in [0.25, 0.3) is 122 Å². The Hall–Kier alpha value is -7.89. The van der Waals surface area contributed by atoms with E-state index >= 15 is 0 Å². The van der Waals surface area contributed by atoms with Gasteiger partial charge in [-0.05, 0) is 81.9 Å². The Kier molecular flexibility index (Phi) is 6.38. The predicted octanol–water partition coefficient (Wildman–Crippen LogP) is 13.4. The second kappa shape index (κ2) is 11.8. The number of hydrogen-bond acceptors (Lipinski definition) is 3. The molecule has 13 rings (SSSR count). The minimum absolute atomic E-state index is 0.645. The average molecular weight is 738 g/mol. The van der Waals surface area contributed by atoms with Gasteiger partial charge in [0.1, 0.15) is 0 Å². The summed E-state index contributed by atoms with van der Waals surface area (Å²) in [6.07, 6.45) is 0. The lowest BCUT2D eigenvalue weighted by Gasteiger charge is -2.12. The van der Waals surface area contributed by atoms with E-state index in [1.54, 1.807) is 0 Å². The zero-order chi connectivity index (χ0) is 37.9. The van der Waals surface area contributed by atoms with Crippen LogP contribution in [0.1, 0.15) is 0 Å². The summed E-state index contributed by atoms with van der Waals surface area (Å²) in [6, 6.07) is 67.2. The second-order valence-corrected chi connectivity index (χ2v) is 15.2. The molecule has 12 aromatic rings. The summed E-state index contributed by atoms with van der Waals surface area (Å²) in [5.74, 6) is 1.95. The maximum Gasteiger partial charge on any atom is 0.164 e. The summed E-state index contributed by atoms with van der Waals surface area (Å²) < 4.78 is 4.90. The summed E-state index contributed by atoms with van der Waals surface area (Å²) in [6.45, 7) is 0. The lowest BCUT2D eigenvalue weighted by atomic mass is 9.98. The molecule has 0 bridgehead atoms. The van der Waals surface area contributed by atoms with Crippen molar-refractivity contribution in [1.29, 1.82) is 0 Å². The summed E-state index contributed by atoms with van der Waals surface area (Å²) in [4.78, 5) is 15.0. The molecule has 3 heterocycles. The van der Waals surface area contributed by atoms with Gasteiger partial charge in [-0.3, -0.25) is 0 Å². The fourth-order valence-corrected chi connectivity index (χ4v) is 9.55. The van der Waals surface area contributed by atoms with Crippen LogP contribution in [-0.4, -0.2) is 24.1 Å². The number of nitrogens with zero attached hydrogens (tertiary/aromatic N) is 5. The fourth-order valence-electron chi connectivity index (χ4n) is 9.55. The number of para-hydroxylation sites is 1. The molecule has 5 heteroatoms. The molecule has 1 aliphatic rings. The van der Waals surface area contributed by atoms with E-state index in [1.165, 1.54) is 71.2 Å². The van der Waals surface area contributed by atoms with Crippen LogP contribution in [-0.2, 0) is 0 Å². The van der Waals surface area contributed by atoms with Crippen LogP contribution in [0, 0.1) is 0 Å². The molecule has 0 fully saturated rings. The highest BCUT2D eigenvalue weighted by atomic mass is 15.0. The van der Waals surface area contributed by atoms with Gasteiger partial charge >= 0.3 is 0 Å². The van der Waals surface area contributed by atoms with Crippen LogP contribution >= 0.6 is 0 Å². The average Bonchev–Trinajstić information content (AvgIpc) is 3.78. The Labute approximate surface area is 332 Å². The molecule has 0 atom stereocenters. The number of hydrogen-bond donors (Lipinski definition) is 0. The SMILES string of the molecule is c1ccc(-c2nc(-c3ccccc3)nc(-c3ccc4ccc(-n5c6cccc7c6c6c8c(ccc9c8c8c-7cccc8n9-c7ccccc7)ccc65)cc4c3)n2)cc1. The molecule has 268 valence electrons. The van der Waals surface area contributed by atoms with E-state index < -0.39 is 0 Å². The molecule has 0 N–H and O–H groups in total. The topological polar surface area (TPSA) is 48.5 Å². The van der Waals surface area contributed by atoms with Gasteiger partial charge in [-0.15, -0.1) is 0 Å². The third kappa shape index (κ3) is 4.38. The van der Waals surface area contributed by atoms with E-state index in [2.05, 4.69) is 137 Å². The van der Waals surface area contributed by atoms with Gasteiger partial charge in [-0.1, -0.05) is 133 Å². The van der Waals surface area contributed by atoms with Gasteiger partial charge in [0.05, 0.1) is 22.1 Å². The lowest BCUT2D eigenvalue weighted by Crippen LogP contribution is -2.00. The van der Waals surface area contributed by atoms with Gasteiger partial charge in [0.25, 0.3) is 0 Å². The van der Waals surface area contributed by atoms with Crippen molar-refractivity contribution in [2.45, 2.75) is 0 Å². The highest BCUT2D eigenvalue weighted by Crippen LogP contribution is 2.51. The molecule has 3 aromatic heterocycles. The van der Waals surface area contributed by atoms with E-state index in [0.717, 1.165) is 33.2 Å². The van der Waals surface area contributed by atoms with Crippen LogP contribution in [0.4, 0.5) is 0 Å². The summed E-state index contributed by atoms with van der Waals surface area (Å²) >= 11 is 0. The normalized spacial score (nSPS) is 12.1. The molecule has 0 saturated heterocycles. The molecule has 0 spiro atoms. The smallest absolute Gasteiger partial charge is 0.164 e. The van der Waals surface area contributed by atoms with Crippen LogP contribution in [0.15, 0.2) is 188 Å². The maximum absolute atomic E-state index is 5.04. The van der Waals surface area contributed by atoms with E-state index in [0.29, 0.717) is 17.5 Å². The van der Waals surface area contributed by atoms with Gasteiger partial charge in [0.2, 0.25) is 0 Å². The maximum atomic E-state index is 5.04. The Bertz CT molecular complexity index is 3600. The quantitative estimate of drug-likeness (QED) is 0.177. The molecular formula is C53H31N5. The number of aromatic nitrogens is 5. The van der Waals surface area contributed by atoms with Gasteiger partial charge in [0, 0.05) is 55.0 Å². The third-order valence-corrected chi connectivity index (χ3v) is 12.0. The summed E-state index contributed by atoms with van der Waals surface area (Å²) in [7, 11) is 0. The Morgan fingerprint density at radius 3 is 1.34 bits per heavy atom. The van der Waals surface area contributed by atoms with Crippen LogP contribution < -0.4 is 0 Å². The van der Waals surface area contributed by atoms with Crippen molar-refractivity contribution >= 4 is 65.2 Å². The highest BCUT2D eigenvalue weighted by Gasteiger charge is 2.27. The van der Waals surface area contributed by atoms with Crippen molar-refractivity contribution < 1.29 is 0 Å². The van der Waals surface area contributed by atoms with Crippen LogP contribution in [0.5, 0.6) is 0 Å². The van der Waals surface area contributed by atoms with Crippen molar-refractivity contribution in [1.82, 2.24) is 24.1 Å². The van der Waals surface area contributed by atoms with Crippen molar-refractivity contribution in [3.63, 3.8) is 0 Å². The largest absolute Gasteiger partial charge is 0.309 e. The first kappa shape index (κ1) is 31.3. The molecule has 0 aliphatic heterocycles. The van der Waals surface area contributed by atoms with Crippen molar-refractivity contribution in [2.24, 2.45) is 0 Å². The van der Waals surface area contributed by atoms with Gasteiger partial charge in [0.15, 0.2) is 17.5 Å². The number of fused-ring (bicyclic) bond motifs is 2. The Morgan fingerprint density at radius 1 is 0.276 bits per heavy atom. The highest BCUT2D eigenvalue weighted by molar-refractivity contribution is 6.38. The van der Waals surface area contributed by atoms with Crippen LogP contribution in [0.2, 0.25) is 0 Å². The van der Waals surface area contributed by atoms with Crippen molar-refractivity contribution in [3.8, 4) is 56.7 Å². The predicted molar refractivity (Wildman–Crippen MR) is 239 cm³/mol. The van der Waals surface area contributed by atoms with Gasteiger partial charge in [-0.2, -0.15) is 0 Å². The standard InChI is InChI=1S/C53H31N5/c1-4-12-34(13-5-1)51-54-52(35-14-6-2-7-15-35)56-53(55-51)36-23-22-32-24-27-39(31-37(32)30-36)58-43-21-11-19-41-40-18-10-20-42-47(40)49-44(57(42)38-16-8-3-9-17-38)28-25-33-26-29-45(58)50(46(33)49)48(41)43/h1-31H. The minimum Gasteiger partial charge on any atom is -0.309 e.